The predicted octanol–water partition coefficient (Wildman–Crippen LogP) is 1.27. The second-order valence-corrected chi connectivity index (χ2v) is 2.82. The van der Waals surface area contributed by atoms with E-state index in [0.29, 0.717) is 11.3 Å². The van der Waals surface area contributed by atoms with E-state index in [1.54, 1.807) is 12.3 Å². The van der Waals surface area contributed by atoms with E-state index in [0.717, 1.165) is 5.39 Å². The molecule has 0 bridgehead atoms. The lowest BCUT2D eigenvalue weighted by molar-refractivity contribution is 0.0696. The molecule has 72 valence electrons. The average molecular weight is 192 g/mol. The largest absolute Gasteiger partial charge is 0.494 e. The van der Waals surface area contributed by atoms with Crippen LogP contribution in [0.5, 0.6) is 5.75 Å². The van der Waals surface area contributed by atoms with Crippen LogP contribution < -0.4 is 4.74 Å². The molecule has 0 aliphatic carbocycles. The van der Waals surface area contributed by atoms with Crippen molar-refractivity contribution in [3.8, 4) is 5.75 Å². The summed E-state index contributed by atoms with van der Waals surface area (Å²) in [5, 5.41) is 16.1. The topological polar surface area (TPSA) is 75.2 Å². The van der Waals surface area contributed by atoms with Crippen LogP contribution in [-0.2, 0) is 0 Å². The zero-order valence-corrected chi connectivity index (χ0v) is 7.44. The second-order valence-electron chi connectivity index (χ2n) is 2.82. The smallest absolute Gasteiger partial charge is 0.335 e. The Bertz CT molecular complexity index is 490. The molecule has 0 aliphatic rings. The van der Waals surface area contributed by atoms with Gasteiger partial charge in [-0.1, -0.05) is 0 Å². The molecule has 2 aromatic rings. The van der Waals surface area contributed by atoms with Crippen LogP contribution in [0, 0.1) is 0 Å². The van der Waals surface area contributed by atoms with Crippen molar-refractivity contribution in [2.24, 2.45) is 0 Å². The molecule has 0 spiro atoms. The number of carbonyl (C=O) groups is 1. The van der Waals surface area contributed by atoms with Crippen LogP contribution >= 0.6 is 0 Å². The van der Waals surface area contributed by atoms with Crippen LogP contribution in [0.2, 0.25) is 0 Å². The Kier molecular flexibility index (Phi) is 1.85. The van der Waals surface area contributed by atoms with Crippen LogP contribution in [0.1, 0.15) is 10.4 Å². The van der Waals surface area contributed by atoms with Gasteiger partial charge in [-0.2, -0.15) is 5.10 Å². The van der Waals surface area contributed by atoms with Crippen LogP contribution in [0.25, 0.3) is 10.9 Å². The van der Waals surface area contributed by atoms with Crippen LogP contribution in [0.15, 0.2) is 18.3 Å². The highest BCUT2D eigenvalue weighted by atomic mass is 16.5. The maximum absolute atomic E-state index is 10.7. The number of aromatic nitrogens is 2. The van der Waals surface area contributed by atoms with E-state index in [1.165, 1.54) is 13.2 Å². The Labute approximate surface area is 79.3 Å². The Morgan fingerprint density at radius 2 is 2.36 bits per heavy atom. The van der Waals surface area contributed by atoms with Gasteiger partial charge in [0.25, 0.3) is 0 Å². The van der Waals surface area contributed by atoms with Gasteiger partial charge >= 0.3 is 5.97 Å². The van der Waals surface area contributed by atoms with Gasteiger partial charge in [0.2, 0.25) is 0 Å². The van der Waals surface area contributed by atoms with Gasteiger partial charge in [0.05, 0.1) is 18.9 Å². The van der Waals surface area contributed by atoms with Crippen molar-refractivity contribution in [2.45, 2.75) is 0 Å². The molecular weight excluding hydrogens is 184 g/mol. The van der Waals surface area contributed by atoms with E-state index in [1.807, 2.05) is 0 Å². The number of ether oxygens (including phenoxy) is 1. The number of methoxy groups -OCH3 is 1. The molecule has 0 saturated heterocycles. The minimum atomic E-state index is -0.980. The van der Waals surface area contributed by atoms with Gasteiger partial charge in [-0.05, 0) is 12.1 Å². The molecule has 1 heterocycles. The summed E-state index contributed by atoms with van der Waals surface area (Å²) < 4.78 is 5.04. The maximum Gasteiger partial charge on any atom is 0.335 e. The number of benzene rings is 1. The fourth-order valence-corrected chi connectivity index (χ4v) is 1.31. The molecule has 1 aromatic carbocycles. The van der Waals surface area contributed by atoms with Gasteiger partial charge in [0, 0.05) is 5.39 Å². The van der Waals surface area contributed by atoms with Crippen LogP contribution in [0.3, 0.4) is 0 Å². The summed E-state index contributed by atoms with van der Waals surface area (Å²) >= 11 is 0. The van der Waals surface area contributed by atoms with Gasteiger partial charge in [0.1, 0.15) is 11.3 Å². The highest BCUT2D eigenvalue weighted by molar-refractivity contribution is 5.95. The summed E-state index contributed by atoms with van der Waals surface area (Å²) in [4.78, 5) is 10.7. The fourth-order valence-electron chi connectivity index (χ4n) is 1.31. The molecule has 2 rings (SSSR count). The van der Waals surface area contributed by atoms with Gasteiger partial charge in [-0.3, -0.25) is 5.10 Å². The number of nitrogens with zero attached hydrogens (tertiary/aromatic N) is 1. The molecule has 5 nitrogen and oxygen atoms in total. The first-order valence-corrected chi connectivity index (χ1v) is 3.97. The van der Waals surface area contributed by atoms with Gasteiger partial charge in [-0.25, -0.2) is 4.79 Å². The molecule has 0 amide bonds. The Morgan fingerprint density at radius 3 is 3.00 bits per heavy atom. The summed E-state index contributed by atoms with van der Waals surface area (Å²) in [5.74, 6) is -0.496. The quantitative estimate of drug-likeness (QED) is 0.751. The third-order valence-corrected chi connectivity index (χ3v) is 1.98. The number of hydrogen-bond donors (Lipinski definition) is 2. The molecule has 0 aliphatic heterocycles. The molecule has 0 unspecified atom stereocenters. The number of carboxylic acids is 1. The predicted molar refractivity (Wildman–Crippen MR) is 49.6 cm³/mol. The van der Waals surface area contributed by atoms with Crippen molar-refractivity contribution in [1.29, 1.82) is 0 Å². The van der Waals surface area contributed by atoms with Gasteiger partial charge in [0.15, 0.2) is 0 Å². The van der Waals surface area contributed by atoms with Crippen molar-refractivity contribution in [3.63, 3.8) is 0 Å². The highest BCUT2D eigenvalue weighted by Gasteiger charge is 2.10. The van der Waals surface area contributed by atoms with Crippen molar-refractivity contribution < 1.29 is 14.6 Å². The van der Waals surface area contributed by atoms with Gasteiger partial charge in [-0.15, -0.1) is 0 Å². The number of rotatable bonds is 2. The normalized spacial score (nSPS) is 10.4. The minimum Gasteiger partial charge on any atom is -0.494 e. The molecule has 0 fully saturated rings. The van der Waals surface area contributed by atoms with Crippen LogP contribution in [-0.4, -0.2) is 28.4 Å². The van der Waals surface area contributed by atoms with E-state index < -0.39 is 5.97 Å². The fraction of sp³-hybridized carbons (Fsp3) is 0.111. The third-order valence-electron chi connectivity index (χ3n) is 1.98. The molecule has 2 N–H and O–H groups in total. The zero-order chi connectivity index (χ0) is 10.1. The van der Waals surface area contributed by atoms with E-state index in [-0.39, 0.29) is 5.56 Å². The summed E-state index contributed by atoms with van der Waals surface area (Å²) in [5.41, 5.74) is 0.897. The van der Waals surface area contributed by atoms with Crippen molar-refractivity contribution in [2.75, 3.05) is 7.11 Å². The zero-order valence-electron chi connectivity index (χ0n) is 7.44. The van der Waals surface area contributed by atoms with E-state index in [2.05, 4.69) is 10.2 Å². The number of aromatic carboxylic acids is 1. The number of H-pyrrole nitrogens is 1. The van der Waals surface area contributed by atoms with Crippen molar-refractivity contribution in [3.05, 3.63) is 23.9 Å². The number of fused-ring (bicyclic) bond motifs is 1. The minimum absolute atomic E-state index is 0.191. The van der Waals surface area contributed by atoms with E-state index in [4.69, 9.17) is 9.84 Å². The molecular formula is C9H8N2O3. The number of carboxylic acid groups (broad SMARTS) is 1. The number of nitrogens with one attached hydrogen (secondary N) is 1. The summed E-state index contributed by atoms with van der Waals surface area (Å²) in [7, 11) is 1.49. The Morgan fingerprint density at radius 1 is 1.57 bits per heavy atom. The standard InChI is InChI=1S/C9H8N2O3/c1-14-7-3-5(9(12)13)2-6-4-10-11-8(6)7/h2-4H,1H3,(H,10,11)(H,12,13). The monoisotopic (exact) mass is 192 g/mol. The first-order chi connectivity index (χ1) is 6.72. The molecule has 0 saturated carbocycles. The molecule has 14 heavy (non-hydrogen) atoms. The molecule has 1 aromatic heterocycles. The highest BCUT2D eigenvalue weighted by Crippen LogP contribution is 2.25. The van der Waals surface area contributed by atoms with E-state index in [9.17, 15) is 4.79 Å². The average Bonchev–Trinajstić information content (AvgIpc) is 2.63. The SMILES string of the molecule is COc1cc(C(=O)O)cc2cn[nH]c12. The molecule has 5 heteroatoms. The van der Waals surface area contributed by atoms with Crippen molar-refractivity contribution in [1.82, 2.24) is 10.2 Å². The Balaban J connectivity index is 2.73. The lowest BCUT2D eigenvalue weighted by atomic mass is 10.1. The Hall–Kier alpha value is -2.04. The lowest BCUT2D eigenvalue weighted by Crippen LogP contribution is -1.97. The second kappa shape index (κ2) is 3.02. The lowest BCUT2D eigenvalue weighted by Gasteiger charge is -2.02. The maximum atomic E-state index is 10.7. The first kappa shape index (κ1) is 8.55. The van der Waals surface area contributed by atoms with Crippen LogP contribution in [0.4, 0.5) is 0 Å². The summed E-state index contributed by atoms with van der Waals surface area (Å²) in [6, 6.07) is 3.01. The van der Waals surface area contributed by atoms with Gasteiger partial charge < -0.3 is 9.84 Å². The number of aromatic amines is 1. The molecule has 0 atom stereocenters. The summed E-state index contributed by atoms with van der Waals surface area (Å²) in [6.07, 6.45) is 1.56. The first-order valence-electron chi connectivity index (χ1n) is 3.97. The third kappa shape index (κ3) is 1.19. The van der Waals surface area contributed by atoms with Crippen molar-refractivity contribution >= 4 is 16.9 Å². The van der Waals surface area contributed by atoms with E-state index >= 15 is 0 Å². The number of hydrogen-bond acceptors (Lipinski definition) is 3. The molecule has 0 radical (unpaired) electrons. The summed E-state index contributed by atoms with van der Waals surface area (Å²) in [6.45, 7) is 0.